The van der Waals surface area contributed by atoms with Crippen molar-refractivity contribution in [3.8, 4) is 0 Å². The number of piperidine rings is 1. The molecule has 1 atom stereocenters. The monoisotopic (exact) mass is 191 g/mol. The summed E-state index contributed by atoms with van der Waals surface area (Å²) in [7, 11) is 0. The Balaban J connectivity index is 2.19. The van der Waals surface area contributed by atoms with E-state index in [9.17, 15) is 4.91 Å². The third-order valence-electron chi connectivity index (χ3n) is 2.61. The van der Waals surface area contributed by atoms with E-state index in [-0.39, 0.29) is 6.04 Å². The van der Waals surface area contributed by atoms with Crippen molar-refractivity contribution in [3.63, 3.8) is 0 Å². The molecule has 1 unspecified atom stereocenters. The van der Waals surface area contributed by atoms with Gasteiger partial charge in [-0.1, -0.05) is 6.07 Å². The number of pyridine rings is 1. The lowest BCUT2D eigenvalue weighted by Gasteiger charge is -2.29. The molecule has 0 saturated carbocycles. The molecule has 0 aromatic carbocycles. The standard InChI is InChI=1S/C10H13N3O/c14-12-13-8-4-2-6-10(13)9-5-1-3-7-11-9/h1,3,5,7,10H,2,4,6,8H2. The van der Waals surface area contributed by atoms with Gasteiger partial charge in [0.2, 0.25) is 0 Å². The van der Waals surface area contributed by atoms with Gasteiger partial charge in [-0.25, -0.2) is 0 Å². The van der Waals surface area contributed by atoms with E-state index in [1.807, 2.05) is 18.2 Å². The van der Waals surface area contributed by atoms with Crippen LogP contribution in [0.5, 0.6) is 0 Å². The zero-order valence-corrected chi connectivity index (χ0v) is 7.97. The van der Waals surface area contributed by atoms with Gasteiger partial charge in [0.1, 0.15) is 0 Å². The normalized spacial score (nSPS) is 22.0. The summed E-state index contributed by atoms with van der Waals surface area (Å²) in [6.07, 6.45) is 4.93. The molecular formula is C10H13N3O. The molecule has 1 aromatic rings. The lowest BCUT2D eigenvalue weighted by Crippen LogP contribution is -2.28. The Morgan fingerprint density at radius 1 is 1.43 bits per heavy atom. The number of hydrogen-bond acceptors (Lipinski definition) is 3. The summed E-state index contributed by atoms with van der Waals surface area (Å²) < 4.78 is 0. The van der Waals surface area contributed by atoms with Crippen LogP contribution in [-0.4, -0.2) is 16.5 Å². The molecular weight excluding hydrogens is 178 g/mol. The molecule has 1 saturated heterocycles. The van der Waals surface area contributed by atoms with E-state index in [0.717, 1.165) is 31.5 Å². The summed E-state index contributed by atoms with van der Waals surface area (Å²) in [4.78, 5) is 14.9. The van der Waals surface area contributed by atoms with Crippen LogP contribution >= 0.6 is 0 Å². The number of nitroso groups, excluding NO2 is 1. The fourth-order valence-electron chi connectivity index (χ4n) is 1.89. The Morgan fingerprint density at radius 2 is 2.36 bits per heavy atom. The Morgan fingerprint density at radius 3 is 3.07 bits per heavy atom. The highest BCUT2D eigenvalue weighted by molar-refractivity contribution is 5.09. The summed E-state index contributed by atoms with van der Waals surface area (Å²) in [5.41, 5.74) is 0.951. The van der Waals surface area contributed by atoms with Gasteiger partial charge in [0.15, 0.2) is 0 Å². The van der Waals surface area contributed by atoms with E-state index in [4.69, 9.17) is 0 Å². The van der Waals surface area contributed by atoms with E-state index < -0.39 is 0 Å². The van der Waals surface area contributed by atoms with Gasteiger partial charge in [-0.2, -0.15) is 0 Å². The average Bonchev–Trinajstić information content (AvgIpc) is 2.30. The maximum absolute atomic E-state index is 10.6. The first kappa shape index (κ1) is 9.12. The van der Waals surface area contributed by atoms with Crippen molar-refractivity contribution in [3.05, 3.63) is 35.0 Å². The molecule has 0 radical (unpaired) electrons. The summed E-state index contributed by atoms with van der Waals surface area (Å²) in [5.74, 6) is 0. The minimum atomic E-state index is 0.0856. The van der Waals surface area contributed by atoms with Crippen molar-refractivity contribution in [2.45, 2.75) is 25.3 Å². The van der Waals surface area contributed by atoms with Crippen LogP contribution in [0.4, 0.5) is 0 Å². The van der Waals surface area contributed by atoms with Gasteiger partial charge < -0.3 is 0 Å². The molecule has 0 N–H and O–H groups in total. The Labute approximate surface area is 82.9 Å². The molecule has 4 heteroatoms. The molecule has 0 bridgehead atoms. The van der Waals surface area contributed by atoms with Gasteiger partial charge in [0.05, 0.1) is 17.0 Å². The van der Waals surface area contributed by atoms with Gasteiger partial charge in [-0.05, 0) is 31.4 Å². The summed E-state index contributed by atoms with van der Waals surface area (Å²) >= 11 is 0. The lowest BCUT2D eigenvalue weighted by atomic mass is 10.0. The maximum Gasteiger partial charge on any atom is 0.0922 e. The van der Waals surface area contributed by atoms with Crippen LogP contribution in [0.3, 0.4) is 0 Å². The van der Waals surface area contributed by atoms with Crippen LogP contribution in [0.25, 0.3) is 0 Å². The molecule has 0 spiro atoms. The maximum atomic E-state index is 10.6. The van der Waals surface area contributed by atoms with Crippen LogP contribution in [-0.2, 0) is 0 Å². The van der Waals surface area contributed by atoms with E-state index in [1.165, 1.54) is 0 Å². The van der Waals surface area contributed by atoms with Crippen molar-refractivity contribution in [2.24, 2.45) is 5.29 Å². The molecule has 1 aromatic heterocycles. The highest BCUT2D eigenvalue weighted by atomic mass is 16.3. The van der Waals surface area contributed by atoms with Crippen molar-refractivity contribution in [2.75, 3.05) is 6.54 Å². The number of nitrogens with zero attached hydrogens (tertiary/aromatic N) is 3. The second-order valence-corrected chi connectivity index (χ2v) is 3.51. The third kappa shape index (κ3) is 1.73. The molecule has 74 valence electrons. The van der Waals surface area contributed by atoms with Crippen LogP contribution in [0.2, 0.25) is 0 Å². The second kappa shape index (κ2) is 4.17. The minimum absolute atomic E-state index is 0.0856. The van der Waals surface area contributed by atoms with E-state index in [0.29, 0.717) is 0 Å². The predicted molar refractivity (Wildman–Crippen MR) is 53.3 cm³/mol. The van der Waals surface area contributed by atoms with E-state index in [2.05, 4.69) is 10.3 Å². The zero-order chi connectivity index (χ0) is 9.80. The quantitative estimate of drug-likeness (QED) is 0.674. The van der Waals surface area contributed by atoms with Crippen molar-refractivity contribution < 1.29 is 0 Å². The van der Waals surface area contributed by atoms with Crippen LogP contribution in [0, 0.1) is 4.91 Å². The molecule has 4 nitrogen and oxygen atoms in total. The van der Waals surface area contributed by atoms with Crippen molar-refractivity contribution in [1.29, 1.82) is 0 Å². The molecule has 1 aliphatic heterocycles. The van der Waals surface area contributed by atoms with E-state index in [1.54, 1.807) is 11.2 Å². The first-order chi connectivity index (χ1) is 6.92. The largest absolute Gasteiger partial charge is 0.259 e. The van der Waals surface area contributed by atoms with Crippen molar-refractivity contribution >= 4 is 0 Å². The molecule has 2 heterocycles. The summed E-state index contributed by atoms with van der Waals surface area (Å²) in [5, 5.41) is 4.65. The first-order valence-corrected chi connectivity index (χ1v) is 4.92. The Bertz CT molecular complexity index is 301. The number of hydrogen-bond donors (Lipinski definition) is 0. The summed E-state index contributed by atoms with van der Waals surface area (Å²) in [6.45, 7) is 0.755. The first-order valence-electron chi connectivity index (χ1n) is 4.92. The summed E-state index contributed by atoms with van der Waals surface area (Å²) in [6, 6.07) is 5.86. The molecule has 2 rings (SSSR count). The minimum Gasteiger partial charge on any atom is -0.259 e. The van der Waals surface area contributed by atoms with Gasteiger partial charge >= 0.3 is 0 Å². The van der Waals surface area contributed by atoms with Gasteiger partial charge in [0.25, 0.3) is 0 Å². The van der Waals surface area contributed by atoms with Crippen LogP contribution in [0.1, 0.15) is 31.0 Å². The number of aromatic nitrogens is 1. The van der Waals surface area contributed by atoms with Crippen LogP contribution in [0.15, 0.2) is 29.7 Å². The smallest absolute Gasteiger partial charge is 0.0922 e. The highest BCUT2D eigenvalue weighted by Gasteiger charge is 2.24. The van der Waals surface area contributed by atoms with Crippen molar-refractivity contribution in [1.82, 2.24) is 9.99 Å². The Hall–Kier alpha value is -1.45. The van der Waals surface area contributed by atoms with Gasteiger partial charge in [-0.3, -0.25) is 9.99 Å². The fourth-order valence-corrected chi connectivity index (χ4v) is 1.89. The lowest BCUT2D eigenvalue weighted by molar-refractivity contribution is 0.149. The zero-order valence-electron chi connectivity index (χ0n) is 7.97. The van der Waals surface area contributed by atoms with Gasteiger partial charge in [0, 0.05) is 12.7 Å². The number of rotatable bonds is 2. The average molecular weight is 191 g/mol. The molecule has 1 aliphatic rings. The molecule has 0 aliphatic carbocycles. The molecule has 1 fully saturated rings. The SMILES string of the molecule is O=NN1CCCCC1c1ccccn1. The van der Waals surface area contributed by atoms with Crippen LogP contribution < -0.4 is 0 Å². The molecule has 0 amide bonds. The Kier molecular flexibility index (Phi) is 2.72. The highest BCUT2D eigenvalue weighted by Crippen LogP contribution is 2.29. The topological polar surface area (TPSA) is 45.6 Å². The second-order valence-electron chi connectivity index (χ2n) is 3.51. The molecule has 14 heavy (non-hydrogen) atoms. The van der Waals surface area contributed by atoms with Gasteiger partial charge in [-0.15, -0.1) is 4.91 Å². The predicted octanol–water partition coefficient (Wildman–Crippen LogP) is 2.29. The fraction of sp³-hybridized carbons (Fsp3) is 0.500. The third-order valence-corrected chi connectivity index (χ3v) is 2.61. The van der Waals surface area contributed by atoms with E-state index >= 15 is 0 Å².